The monoisotopic (exact) mass is 486 g/mol. The predicted molar refractivity (Wildman–Crippen MR) is 142 cm³/mol. The fourth-order valence-electron chi connectivity index (χ4n) is 4.90. The number of rotatable bonds is 8. The molecule has 5 rings (SSSR count). The van der Waals surface area contributed by atoms with Crippen LogP contribution in [0.1, 0.15) is 40.7 Å². The van der Waals surface area contributed by atoms with Gasteiger partial charge in [-0.15, -0.1) is 0 Å². The Morgan fingerprint density at radius 3 is 2.64 bits per heavy atom. The molecule has 36 heavy (non-hydrogen) atoms. The molecule has 188 valence electrons. The van der Waals surface area contributed by atoms with Gasteiger partial charge in [-0.05, 0) is 65.1 Å². The standard InChI is InChI=1S/C30H34N2O4/c1-34-28-6-3-5-25(20-28)30(33)31-27-12-14-32(15-13-27)21-23-9-11-24-10-8-22(18-26(24)19-23)4-2-7-29-35-16-17-36-29/h2-6,8-11,18-20,27,29H,7,12-17,21H2,1H3,(H,31,33)/b4-2+. The zero-order chi connectivity index (χ0) is 24.7. The molecule has 6 heteroatoms. The highest BCUT2D eigenvalue weighted by molar-refractivity contribution is 5.94. The average molecular weight is 487 g/mol. The van der Waals surface area contributed by atoms with Crippen molar-refractivity contribution in [3.8, 4) is 5.75 Å². The molecular formula is C30H34N2O4. The quantitative estimate of drug-likeness (QED) is 0.485. The molecule has 2 fully saturated rings. The number of methoxy groups -OCH3 is 1. The van der Waals surface area contributed by atoms with Gasteiger partial charge in [0.25, 0.3) is 5.91 Å². The maximum Gasteiger partial charge on any atom is 0.251 e. The van der Waals surface area contributed by atoms with Crippen LogP contribution < -0.4 is 10.1 Å². The summed E-state index contributed by atoms with van der Waals surface area (Å²) < 4.78 is 16.2. The molecule has 2 saturated heterocycles. The summed E-state index contributed by atoms with van der Waals surface area (Å²) >= 11 is 0. The lowest BCUT2D eigenvalue weighted by Crippen LogP contribution is -2.44. The van der Waals surface area contributed by atoms with Crippen molar-refractivity contribution < 1.29 is 19.0 Å². The van der Waals surface area contributed by atoms with E-state index >= 15 is 0 Å². The molecule has 1 N–H and O–H groups in total. The van der Waals surface area contributed by atoms with Gasteiger partial charge in [-0.1, -0.05) is 42.5 Å². The number of fused-ring (bicyclic) bond motifs is 1. The van der Waals surface area contributed by atoms with Gasteiger partial charge < -0.3 is 19.5 Å². The second-order valence-corrected chi connectivity index (χ2v) is 9.51. The third-order valence-corrected chi connectivity index (χ3v) is 6.92. The Labute approximate surface area is 212 Å². The van der Waals surface area contributed by atoms with Crippen LogP contribution in [0.2, 0.25) is 0 Å². The van der Waals surface area contributed by atoms with Crippen LogP contribution >= 0.6 is 0 Å². The summed E-state index contributed by atoms with van der Waals surface area (Å²) in [5.41, 5.74) is 3.14. The van der Waals surface area contributed by atoms with E-state index in [-0.39, 0.29) is 18.2 Å². The molecule has 0 spiro atoms. The third-order valence-electron chi connectivity index (χ3n) is 6.92. The summed E-state index contributed by atoms with van der Waals surface area (Å²) in [5.74, 6) is 0.666. The molecule has 6 nitrogen and oxygen atoms in total. The van der Waals surface area contributed by atoms with Crippen LogP contribution in [0.25, 0.3) is 16.8 Å². The first-order valence-corrected chi connectivity index (χ1v) is 12.8. The molecule has 2 heterocycles. The van der Waals surface area contributed by atoms with E-state index in [4.69, 9.17) is 14.2 Å². The maximum absolute atomic E-state index is 12.6. The number of hydrogen-bond acceptors (Lipinski definition) is 5. The third kappa shape index (κ3) is 6.32. The number of carbonyl (C=O) groups excluding carboxylic acids is 1. The summed E-state index contributed by atoms with van der Waals surface area (Å²) in [5, 5.41) is 5.69. The summed E-state index contributed by atoms with van der Waals surface area (Å²) in [7, 11) is 1.61. The van der Waals surface area contributed by atoms with Crippen molar-refractivity contribution in [1.82, 2.24) is 10.2 Å². The second kappa shape index (κ2) is 11.7. The van der Waals surface area contributed by atoms with Gasteiger partial charge in [0.15, 0.2) is 6.29 Å². The highest BCUT2D eigenvalue weighted by atomic mass is 16.7. The van der Waals surface area contributed by atoms with E-state index in [0.29, 0.717) is 24.5 Å². The minimum Gasteiger partial charge on any atom is -0.497 e. The molecule has 0 unspecified atom stereocenters. The summed E-state index contributed by atoms with van der Waals surface area (Å²) in [4.78, 5) is 15.1. The fraction of sp³-hybridized carbons (Fsp3) is 0.367. The van der Waals surface area contributed by atoms with Crippen LogP contribution in [0.5, 0.6) is 5.75 Å². The lowest BCUT2D eigenvalue weighted by Gasteiger charge is -2.32. The number of nitrogens with one attached hydrogen (secondary N) is 1. The number of likely N-dealkylation sites (tertiary alicyclic amines) is 1. The number of amides is 1. The van der Waals surface area contributed by atoms with E-state index in [1.165, 1.54) is 21.9 Å². The van der Waals surface area contributed by atoms with Gasteiger partial charge in [-0.3, -0.25) is 9.69 Å². The lowest BCUT2D eigenvalue weighted by molar-refractivity contribution is -0.0379. The Hall–Kier alpha value is -3.19. The van der Waals surface area contributed by atoms with Crippen molar-refractivity contribution in [3.63, 3.8) is 0 Å². The Morgan fingerprint density at radius 2 is 1.83 bits per heavy atom. The van der Waals surface area contributed by atoms with Crippen molar-refractivity contribution in [1.29, 1.82) is 0 Å². The van der Waals surface area contributed by atoms with Gasteiger partial charge in [0.05, 0.1) is 20.3 Å². The molecule has 0 aromatic heterocycles. The van der Waals surface area contributed by atoms with E-state index < -0.39 is 0 Å². The summed E-state index contributed by atoms with van der Waals surface area (Å²) in [6.07, 6.45) is 6.83. The molecule has 3 aromatic rings. The summed E-state index contributed by atoms with van der Waals surface area (Å²) in [6.45, 7) is 4.23. The number of ether oxygens (including phenoxy) is 3. The van der Waals surface area contributed by atoms with Crippen LogP contribution in [0, 0.1) is 0 Å². The first-order chi connectivity index (χ1) is 17.7. The number of benzene rings is 3. The largest absolute Gasteiger partial charge is 0.497 e. The van der Waals surface area contributed by atoms with E-state index in [9.17, 15) is 4.79 Å². The molecule has 0 saturated carbocycles. The first kappa shape index (κ1) is 24.5. The van der Waals surface area contributed by atoms with Gasteiger partial charge in [0.2, 0.25) is 0 Å². The van der Waals surface area contributed by atoms with Gasteiger partial charge in [-0.25, -0.2) is 0 Å². The van der Waals surface area contributed by atoms with Crippen molar-refractivity contribution in [2.75, 3.05) is 33.4 Å². The van der Waals surface area contributed by atoms with Crippen LogP contribution in [0.15, 0.2) is 66.7 Å². The van der Waals surface area contributed by atoms with Crippen molar-refractivity contribution in [3.05, 3.63) is 83.4 Å². The summed E-state index contributed by atoms with van der Waals surface area (Å²) in [6, 6.07) is 20.8. The molecule has 0 bridgehead atoms. The topological polar surface area (TPSA) is 60.0 Å². The predicted octanol–water partition coefficient (Wildman–Crippen LogP) is 5.02. The molecule has 0 aliphatic carbocycles. The van der Waals surface area contributed by atoms with E-state index in [1.807, 2.05) is 18.2 Å². The van der Waals surface area contributed by atoms with Gasteiger partial charge >= 0.3 is 0 Å². The van der Waals surface area contributed by atoms with Gasteiger partial charge in [0.1, 0.15) is 5.75 Å². The zero-order valence-corrected chi connectivity index (χ0v) is 20.8. The average Bonchev–Trinajstić information content (AvgIpc) is 3.43. The minimum atomic E-state index is -0.104. The Morgan fingerprint density at radius 1 is 1.03 bits per heavy atom. The van der Waals surface area contributed by atoms with E-state index in [2.05, 4.69) is 58.8 Å². The van der Waals surface area contributed by atoms with Gasteiger partial charge in [0, 0.05) is 37.7 Å². The minimum absolute atomic E-state index is 0.0324. The zero-order valence-electron chi connectivity index (χ0n) is 20.8. The molecule has 2 aliphatic heterocycles. The fourth-order valence-corrected chi connectivity index (χ4v) is 4.90. The Kier molecular flexibility index (Phi) is 7.96. The Bertz CT molecular complexity index is 1210. The highest BCUT2D eigenvalue weighted by Crippen LogP contribution is 2.22. The van der Waals surface area contributed by atoms with Crippen LogP contribution in [0.4, 0.5) is 0 Å². The normalized spacial score (nSPS) is 17.7. The lowest BCUT2D eigenvalue weighted by atomic mass is 10.0. The molecule has 3 aromatic carbocycles. The number of piperidine rings is 1. The van der Waals surface area contributed by atoms with Crippen LogP contribution in [-0.4, -0.2) is 56.6 Å². The van der Waals surface area contributed by atoms with Crippen molar-refractivity contribution >= 4 is 22.8 Å². The van der Waals surface area contributed by atoms with E-state index in [1.54, 1.807) is 13.2 Å². The second-order valence-electron chi connectivity index (χ2n) is 9.51. The molecular weight excluding hydrogens is 452 g/mol. The number of carbonyl (C=O) groups is 1. The Balaban J connectivity index is 1.14. The number of nitrogens with zero attached hydrogens (tertiary/aromatic N) is 1. The van der Waals surface area contributed by atoms with Crippen LogP contribution in [0.3, 0.4) is 0 Å². The first-order valence-electron chi connectivity index (χ1n) is 12.8. The van der Waals surface area contributed by atoms with Gasteiger partial charge in [-0.2, -0.15) is 0 Å². The smallest absolute Gasteiger partial charge is 0.251 e. The van der Waals surface area contributed by atoms with Crippen LogP contribution in [-0.2, 0) is 16.0 Å². The number of hydrogen-bond donors (Lipinski definition) is 1. The van der Waals surface area contributed by atoms with Crippen molar-refractivity contribution in [2.24, 2.45) is 0 Å². The molecule has 0 radical (unpaired) electrons. The molecule has 0 atom stereocenters. The highest BCUT2D eigenvalue weighted by Gasteiger charge is 2.21. The molecule has 2 aliphatic rings. The maximum atomic E-state index is 12.6. The SMILES string of the molecule is COc1cccc(C(=O)NC2CCN(Cc3ccc4ccc(/C=C/CC5OCCO5)cc4c3)CC2)c1. The molecule has 1 amide bonds. The van der Waals surface area contributed by atoms with E-state index in [0.717, 1.165) is 38.9 Å². The van der Waals surface area contributed by atoms with Crippen molar-refractivity contribution in [2.45, 2.75) is 38.1 Å².